The number of ether oxygens (including phenoxy) is 1. The van der Waals surface area contributed by atoms with Crippen LogP contribution in [0.2, 0.25) is 0 Å². The van der Waals surface area contributed by atoms with Crippen LogP contribution in [0.5, 0.6) is 0 Å². The lowest BCUT2D eigenvalue weighted by atomic mass is 9.99. The molecule has 7 nitrogen and oxygen atoms in total. The van der Waals surface area contributed by atoms with Crippen molar-refractivity contribution in [2.24, 2.45) is 11.7 Å². The third-order valence-electron chi connectivity index (χ3n) is 5.11. The lowest BCUT2D eigenvalue weighted by Gasteiger charge is -2.24. The number of nitrogens with two attached hydrogens (primary N) is 1. The highest BCUT2D eigenvalue weighted by Gasteiger charge is 2.28. The molecule has 0 aliphatic carbocycles. The van der Waals surface area contributed by atoms with Crippen LogP contribution in [0.15, 0.2) is 48.5 Å². The molecule has 0 aliphatic heterocycles. The molecule has 0 fully saturated rings. The summed E-state index contributed by atoms with van der Waals surface area (Å²) in [5.41, 5.74) is 9.49. The van der Waals surface area contributed by atoms with E-state index >= 15 is 0 Å². The molecule has 0 saturated heterocycles. The molecule has 0 saturated carbocycles. The quantitative estimate of drug-likeness (QED) is 0.574. The summed E-state index contributed by atoms with van der Waals surface area (Å²) in [5.74, 6) is -1.35. The van der Waals surface area contributed by atoms with Gasteiger partial charge in [0.1, 0.15) is 18.7 Å². The number of nitrogens with one attached hydrogen (secondary N) is 2. The maximum Gasteiger partial charge on any atom is 0.408 e. The van der Waals surface area contributed by atoms with Gasteiger partial charge < -0.3 is 21.1 Å². The Balaban J connectivity index is 2.00. The van der Waals surface area contributed by atoms with Gasteiger partial charge in [0.15, 0.2) is 0 Å². The van der Waals surface area contributed by atoms with E-state index in [-0.39, 0.29) is 18.9 Å². The van der Waals surface area contributed by atoms with Gasteiger partial charge in [-0.2, -0.15) is 0 Å². The van der Waals surface area contributed by atoms with Gasteiger partial charge in [0.05, 0.1) is 0 Å². The van der Waals surface area contributed by atoms with Gasteiger partial charge in [-0.05, 0) is 42.0 Å². The maximum atomic E-state index is 12.8. The molecule has 0 heterocycles. The molecule has 0 spiro atoms. The number of carbonyl (C=O) groups excluding carboxylic acids is 3. The van der Waals surface area contributed by atoms with Crippen molar-refractivity contribution < 1.29 is 19.1 Å². The Morgan fingerprint density at radius 1 is 0.935 bits per heavy atom. The first kappa shape index (κ1) is 23.9. The summed E-state index contributed by atoms with van der Waals surface area (Å²) in [5, 5.41) is 5.26. The number of hydrogen-bond acceptors (Lipinski definition) is 4. The van der Waals surface area contributed by atoms with Crippen LogP contribution in [-0.2, 0) is 27.4 Å². The number of alkyl carbamates (subject to hydrolysis) is 1. The van der Waals surface area contributed by atoms with Crippen LogP contribution in [0.3, 0.4) is 0 Å². The molecule has 0 aliphatic rings. The first-order chi connectivity index (χ1) is 14.7. The predicted octanol–water partition coefficient (Wildman–Crippen LogP) is 2.77. The molecule has 3 amide bonds. The molecule has 2 atom stereocenters. The maximum absolute atomic E-state index is 12.8. The molecule has 0 unspecified atom stereocenters. The van der Waals surface area contributed by atoms with Gasteiger partial charge in [-0.15, -0.1) is 0 Å². The molecular weight excluding hydrogens is 394 g/mol. The summed E-state index contributed by atoms with van der Waals surface area (Å²) in [6.07, 6.45) is -0.437. The van der Waals surface area contributed by atoms with E-state index in [0.29, 0.717) is 0 Å². The van der Waals surface area contributed by atoms with E-state index in [1.165, 1.54) is 0 Å². The molecule has 2 aromatic carbocycles. The van der Waals surface area contributed by atoms with Crippen molar-refractivity contribution in [2.45, 2.75) is 52.8 Å². The van der Waals surface area contributed by atoms with Crippen molar-refractivity contribution in [1.82, 2.24) is 10.6 Å². The van der Waals surface area contributed by atoms with Gasteiger partial charge in [0.2, 0.25) is 11.8 Å². The lowest BCUT2D eigenvalue weighted by molar-refractivity contribution is -0.129. The third-order valence-corrected chi connectivity index (χ3v) is 5.11. The molecule has 2 aromatic rings. The second-order valence-electron chi connectivity index (χ2n) is 8.01. The lowest BCUT2D eigenvalue weighted by Crippen LogP contribution is -2.55. The van der Waals surface area contributed by atoms with Crippen molar-refractivity contribution in [3.63, 3.8) is 0 Å². The summed E-state index contributed by atoms with van der Waals surface area (Å²) in [6.45, 7) is 7.67. The SMILES string of the molecule is Cc1ccc(C[C@@H](NC(=O)[C@H](NC(=O)OCc2ccccc2)C(C)C)C(N)=O)cc1C. The first-order valence-electron chi connectivity index (χ1n) is 10.3. The highest BCUT2D eigenvalue weighted by atomic mass is 16.5. The summed E-state index contributed by atoms with van der Waals surface area (Å²) in [6, 6.07) is 13.3. The smallest absolute Gasteiger partial charge is 0.408 e. The number of carbonyl (C=O) groups is 3. The normalized spacial score (nSPS) is 12.7. The standard InChI is InChI=1S/C24H31N3O4/c1-15(2)21(27-24(30)31-14-18-8-6-5-7-9-18)23(29)26-20(22(25)28)13-19-11-10-16(3)17(4)12-19/h5-12,15,20-21H,13-14H2,1-4H3,(H2,25,28)(H,26,29)(H,27,30)/t20-,21-/m1/s1. The molecule has 166 valence electrons. The van der Waals surface area contributed by atoms with E-state index in [4.69, 9.17) is 10.5 Å². The largest absolute Gasteiger partial charge is 0.445 e. The van der Waals surface area contributed by atoms with Crippen molar-refractivity contribution in [3.05, 3.63) is 70.8 Å². The molecule has 0 radical (unpaired) electrons. The van der Waals surface area contributed by atoms with Crippen LogP contribution in [0.4, 0.5) is 4.79 Å². The van der Waals surface area contributed by atoms with Crippen molar-refractivity contribution in [1.29, 1.82) is 0 Å². The fraction of sp³-hybridized carbons (Fsp3) is 0.375. The summed E-state index contributed by atoms with van der Waals surface area (Å²) in [4.78, 5) is 37.0. The van der Waals surface area contributed by atoms with E-state index in [9.17, 15) is 14.4 Å². The average Bonchev–Trinajstić information content (AvgIpc) is 2.73. The minimum Gasteiger partial charge on any atom is -0.445 e. The van der Waals surface area contributed by atoms with E-state index in [2.05, 4.69) is 10.6 Å². The van der Waals surface area contributed by atoms with E-state index in [1.807, 2.05) is 62.4 Å². The van der Waals surface area contributed by atoms with Crippen molar-refractivity contribution >= 4 is 17.9 Å². The van der Waals surface area contributed by atoms with Crippen LogP contribution in [0.25, 0.3) is 0 Å². The zero-order valence-corrected chi connectivity index (χ0v) is 18.5. The fourth-order valence-electron chi connectivity index (χ4n) is 3.08. The van der Waals surface area contributed by atoms with E-state index in [1.54, 1.807) is 13.8 Å². The zero-order chi connectivity index (χ0) is 23.0. The Hall–Kier alpha value is -3.35. The Labute approximate surface area is 183 Å². The van der Waals surface area contributed by atoms with Crippen LogP contribution >= 0.6 is 0 Å². The van der Waals surface area contributed by atoms with Gasteiger partial charge in [-0.3, -0.25) is 9.59 Å². The molecule has 31 heavy (non-hydrogen) atoms. The Morgan fingerprint density at radius 3 is 2.19 bits per heavy atom. The van der Waals surface area contributed by atoms with Gasteiger partial charge in [0, 0.05) is 6.42 Å². The summed E-state index contributed by atoms with van der Waals surface area (Å²) >= 11 is 0. The highest BCUT2D eigenvalue weighted by molar-refractivity contribution is 5.91. The Bertz CT molecular complexity index is 912. The molecule has 7 heteroatoms. The van der Waals surface area contributed by atoms with Crippen LogP contribution in [0.1, 0.15) is 36.1 Å². The third kappa shape index (κ3) is 7.44. The molecule has 2 rings (SSSR count). The summed E-state index contributed by atoms with van der Waals surface area (Å²) in [7, 11) is 0. The topological polar surface area (TPSA) is 111 Å². The van der Waals surface area contributed by atoms with Gasteiger partial charge in [0.25, 0.3) is 0 Å². The first-order valence-corrected chi connectivity index (χ1v) is 10.3. The van der Waals surface area contributed by atoms with Gasteiger partial charge >= 0.3 is 6.09 Å². The molecule has 0 bridgehead atoms. The Morgan fingerprint density at radius 2 is 1.61 bits per heavy atom. The minimum absolute atomic E-state index is 0.0930. The van der Waals surface area contributed by atoms with E-state index < -0.39 is 30.0 Å². The van der Waals surface area contributed by atoms with Crippen LogP contribution in [0, 0.1) is 19.8 Å². The number of benzene rings is 2. The van der Waals surface area contributed by atoms with Crippen LogP contribution < -0.4 is 16.4 Å². The molecule has 0 aromatic heterocycles. The molecular formula is C24H31N3O4. The number of amides is 3. The van der Waals surface area contributed by atoms with Gasteiger partial charge in [-0.25, -0.2) is 4.79 Å². The number of aryl methyl sites for hydroxylation is 2. The second-order valence-corrected chi connectivity index (χ2v) is 8.01. The van der Waals surface area contributed by atoms with Crippen molar-refractivity contribution in [2.75, 3.05) is 0 Å². The number of hydrogen-bond donors (Lipinski definition) is 3. The predicted molar refractivity (Wildman–Crippen MR) is 119 cm³/mol. The zero-order valence-electron chi connectivity index (χ0n) is 18.5. The summed E-state index contributed by atoms with van der Waals surface area (Å²) < 4.78 is 5.21. The number of rotatable bonds is 9. The minimum atomic E-state index is -0.891. The number of primary amides is 1. The van der Waals surface area contributed by atoms with Crippen LogP contribution in [-0.4, -0.2) is 30.0 Å². The molecule has 4 N–H and O–H groups in total. The van der Waals surface area contributed by atoms with E-state index in [0.717, 1.165) is 22.3 Å². The second kappa shape index (κ2) is 11.2. The van der Waals surface area contributed by atoms with Crippen molar-refractivity contribution in [3.8, 4) is 0 Å². The highest BCUT2D eigenvalue weighted by Crippen LogP contribution is 2.12. The average molecular weight is 426 g/mol. The fourth-order valence-corrected chi connectivity index (χ4v) is 3.08. The Kier molecular flexibility index (Phi) is 8.61. The monoisotopic (exact) mass is 425 g/mol. The van der Waals surface area contributed by atoms with Gasteiger partial charge in [-0.1, -0.05) is 62.4 Å².